The fraction of sp³-hybridized carbons (Fsp3) is 0.409. The number of anilines is 3. The summed E-state index contributed by atoms with van der Waals surface area (Å²) in [6.45, 7) is 3.80. The largest absolute Gasteiger partial charge is 0.385 e. The Morgan fingerprint density at radius 2 is 1.84 bits per heavy atom. The number of methoxy groups -OCH3 is 1. The molecule has 5 aromatic rings. The van der Waals surface area contributed by atoms with Gasteiger partial charge in [-0.25, -0.2) is 9.50 Å². The molecule has 9 rings (SSSR count). The molecule has 2 saturated heterocycles. The third kappa shape index (κ3) is 6.88. The van der Waals surface area contributed by atoms with E-state index in [1.807, 2.05) is 37.5 Å². The minimum Gasteiger partial charge on any atom is -0.385 e. The van der Waals surface area contributed by atoms with E-state index in [0.717, 1.165) is 97.9 Å². The molecule has 2 aromatic carbocycles. The molecule has 3 N–H and O–H groups in total. The molecule has 58 heavy (non-hydrogen) atoms. The highest BCUT2D eigenvalue weighted by Crippen LogP contribution is 2.50. The Morgan fingerprint density at radius 1 is 1.02 bits per heavy atom. The second kappa shape index (κ2) is 15.4. The number of halogens is 1. The highest BCUT2D eigenvalue weighted by atomic mass is 35.5. The van der Waals surface area contributed by atoms with Gasteiger partial charge in [-0.05, 0) is 90.3 Å². The van der Waals surface area contributed by atoms with Gasteiger partial charge in [0.1, 0.15) is 0 Å². The number of fused-ring (bicyclic) bond motifs is 2. The summed E-state index contributed by atoms with van der Waals surface area (Å²) in [7, 11) is 5.21. The molecular weight excluding hydrogens is 754 g/mol. The summed E-state index contributed by atoms with van der Waals surface area (Å²) < 4.78 is 7.72. The first-order valence-electron chi connectivity index (χ1n) is 20.2. The Morgan fingerprint density at radius 3 is 2.57 bits per heavy atom. The minimum atomic E-state index is -0.428. The maximum atomic E-state index is 12.6. The number of amides is 3. The number of likely N-dealkylation sites (tertiary alicyclic amines) is 1. The first-order chi connectivity index (χ1) is 28.2. The van der Waals surface area contributed by atoms with E-state index in [0.29, 0.717) is 40.5 Å². The number of pyridine rings is 1. The second-order valence-electron chi connectivity index (χ2n) is 16.3. The number of carbonyl (C=O) groups excluding carboxylic acids is 3. The summed E-state index contributed by atoms with van der Waals surface area (Å²) in [4.78, 5) is 51.1. The maximum Gasteiger partial charge on any atom is 0.271 e. The monoisotopic (exact) mass is 801 g/mol. The number of ether oxygens (including phenoxy) is 1. The SMILES string of the molecule is CNC(=O)c1cnc2c(NC)cc(N3CCc4c(-c5ccc(CN6CC7(CCC(C(OC)c8ccc(Cl)c(C9CCC(=O)NC9=O)c8)CC7)C6)cn5)cccc43)nn12. The standard InChI is InChI=1S/C44H48ClN9O4/c1-46-35-20-38(51-54-37(43(57)47-2)22-49-41(35)54)53-18-15-30-29(5-4-6-36(30)53)34-11-7-26(21-48-34)23-52-24-44(25-52)16-13-27(14-17-44)40(58-3)28-8-10-33(45)32(19-28)31-9-12-39(55)50-42(31)56/h4-8,10-11,19-22,27,31,40,46H,9,12-18,23-25H2,1-3H3,(H,47,57)(H,50,55,56). The minimum absolute atomic E-state index is 0.0746. The number of piperidine rings is 1. The smallest absolute Gasteiger partial charge is 0.271 e. The molecule has 6 heterocycles. The van der Waals surface area contributed by atoms with Crippen LogP contribution in [0.25, 0.3) is 16.9 Å². The van der Waals surface area contributed by atoms with Crippen molar-refractivity contribution in [3.63, 3.8) is 0 Å². The van der Waals surface area contributed by atoms with Crippen molar-refractivity contribution in [2.24, 2.45) is 11.3 Å². The third-order valence-electron chi connectivity index (χ3n) is 12.8. The van der Waals surface area contributed by atoms with Crippen LogP contribution in [0.1, 0.15) is 83.3 Å². The summed E-state index contributed by atoms with van der Waals surface area (Å²) >= 11 is 6.58. The molecule has 3 fully saturated rings. The van der Waals surface area contributed by atoms with Crippen molar-refractivity contribution in [3.8, 4) is 11.3 Å². The molecule has 3 amide bonds. The molecule has 13 nitrogen and oxygen atoms in total. The lowest BCUT2D eigenvalue weighted by molar-refractivity contribution is -0.134. The predicted octanol–water partition coefficient (Wildman–Crippen LogP) is 6.44. The average molecular weight is 802 g/mol. The van der Waals surface area contributed by atoms with Crippen molar-refractivity contribution < 1.29 is 19.1 Å². The molecule has 2 unspecified atom stereocenters. The Bertz CT molecular complexity index is 2400. The highest BCUT2D eigenvalue weighted by Gasteiger charge is 2.46. The molecule has 0 radical (unpaired) electrons. The highest BCUT2D eigenvalue weighted by molar-refractivity contribution is 6.31. The van der Waals surface area contributed by atoms with Crippen LogP contribution < -0.4 is 20.9 Å². The van der Waals surface area contributed by atoms with Gasteiger partial charge < -0.3 is 20.3 Å². The molecule has 1 saturated carbocycles. The van der Waals surface area contributed by atoms with Gasteiger partial charge in [0.25, 0.3) is 5.91 Å². The zero-order valence-corrected chi connectivity index (χ0v) is 33.8. The van der Waals surface area contributed by atoms with Gasteiger partial charge in [0.05, 0.1) is 29.6 Å². The fourth-order valence-corrected chi connectivity index (χ4v) is 10.1. The number of nitrogens with zero attached hydrogens (tertiary/aromatic N) is 6. The Balaban J connectivity index is 0.827. The van der Waals surface area contributed by atoms with Crippen LogP contribution in [-0.2, 0) is 27.3 Å². The lowest BCUT2D eigenvalue weighted by Crippen LogP contribution is -2.57. The van der Waals surface area contributed by atoms with Crippen LogP contribution in [0, 0.1) is 11.3 Å². The molecule has 3 aliphatic heterocycles. The number of benzene rings is 2. The molecule has 3 aromatic heterocycles. The van der Waals surface area contributed by atoms with E-state index < -0.39 is 5.92 Å². The van der Waals surface area contributed by atoms with Gasteiger partial charge in [0.15, 0.2) is 17.2 Å². The van der Waals surface area contributed by atoms with E-state index in [2.05, 4.69) is 61.1 Å². The van der Waals surface area contributed by atoms with Crippen LogP contribution in [0.15, 0.2) is 67.0 Å². The quantitative estimate of drug-likeness (QED) is 0.135. The molecule has 300 valence electrons. The maximum absolute atomic E-state index is 12.6. The molecule has 1 spiro atoms. The lowest BCUT2D eigenvalue weighted by Gasteiger charge is -2.54. The normalized spacial score (nSPS) is 19.9. The van der Waals surface area contributed by atoms with E-state index in [9.17, 15) is 14.4 Å². The molecule has 1 aliphatic carbocycles. The zero-order valence-electron chi connectivity index (χ0n) is 33.1. The van der Waals surface area contributed by atoms with Crippen molar-refractivity contribution in [1.82, 2.24) is 35.1 Å². The van der Waals surface area contributed by atoms with Gasteiger partial charge in [-0.2, -0.15) is 0 Å². The van der Waals surface area contributed by atoms with Crippen LogP contribution in [-0.4, -0.2) is 83.0 Å². The van der Waals surface area contributed by atoms with Crippen molar-refractivity contribution in [2.45, 2.75) is 63.5 Å². The fourth-order valence-electron chi connectivity index (χ4n) is 9.89. The number of aromatic nitrogens is 4. The van der Waals surface area contributed by atoms with Gasteiger partial charge in [0.2, 0.25) is 11.8 Å². The van der Waals surface area contributed by atoms with Crippen LogP contribution in [0.5, 0.6) is 0 Å². The van der Waals surface area contributed by atoms with E-state index in [1.165, 1.54) is 11.1 Å². The first kappa shape index (κ1) is 38.2. The van der Waals surface area contributed by atoms with E-state index in [-0.39, 0.29) is 23.8 Å². The summed E-state index contributed by atoms with van der Waals surface area (Å²) in [6, 6.07) is 18.6. The molecule has 0 bridgehead atoms. The lowest BCUT2D eigenvalue weighted by atomic mass is 9.64. The van der Waals surface area contributed by atoms with Gasteiger partial charge in [-0.15, -0.1) is 5.10 Å². The van der Waals surface area contributed by atoms with Crippen molar-refractivity contribution in [2.75, 3.05) is 51.1 Å². The molecular formula is C44H48ClN9O4. The van der Waals surface area contributed by atoms with Gasteiger partial charge in [-0.3, -0.25) is 29.6 Å². The van der Waals surface area contributed by atoms with Crippen LogP contribution in [0.3, 0.4) is 0 Å². The number of carbonyl (C=O) groups is 3. The topological polar surface area (TPSA) is 146 Å². The van der Waals surface area contributed by atoms with Crippen molar-refractivity contribution in [1.29, 1.82) is 0 Å². The third-order valence-corrected chi connectivity index (χ3v) is 13.2. The summed E-state index contributed by atoms with van der Waals surface area (Å²) in [5, 5.41) is 13.8. The van der Waals surface area contributed by atoms with Gasteiger partial charge in [0, 0.05) is 82.3 Å². The van der Waals surface area contributed by atoms with Crippen molar-refractivity contribution >= 4 is 52.2 Å². The second-order valence-corrected chi connectivity index (χ2v) is 16.7. The number of imide groups is 1. The van der Waals surface area contributed by atoms with E-state index in [4.69, 9.17) is 26.4 Å². The van der Waals surface area contributed by atoms with Crippen LogP contribution in [0.2, 0.25) is 5.02 Å². The summed E-state index contributed by atoms with van der Waals surface area (Å²) in [5.41, 5.74) is 9.52. The zero-order chi connectivity index (χ0) is 40.1. The van der Waals surface area contributed by atoms with Crippen LogP contribution >= 0.6 is 11.6 Å². The number of rotatable bonds is 10. The number of hydrogen-bond acceptors (Lipinski definition) is 10. The number of nitrogens with one attached hydrogen (secondary N) is 3. The Labute approximate surface area is 342 Å². The van der Waals surface area contributed by atoms with Gasteiger partial charge >= 0.3 is 0 Å². The van der Waals surface area contributed by atoms with Crippen LogP contribution in [0.4, 0.5) is 17.2 Å². The average Bonchev–Trinajstić information content (AvgIpc) is 3.87. The van der Waals surface area contributed by atoms with Gasteiger partial charge in [-0.1, -0.05) is 41.9 Å². The molecule has 4 aliphatic rings. The summed E-state index contributed by atoms with van der Waals surface area (Å²) in [6.07, 6.45) is 9.61. The number of hydrogen-bond donors (Lipinski definition) is 3. The van der Waals surface area contributed by atoms with Crippen molar-refractivity contribution in [3.05, 3.63) is 100.0 Å². The molecule has 2 atom stereocenters. The predicted molar refractivity (Wildman–Crippen MR) is 222 cm³/mol. The first-order valence-corrected chi connectivity index (χ1v) is 20.6. The summed E-state index contributed by atoms with van der Waals surface area (Å²) in [5.74, 6) is -0.0596. The number of imidazole rings is 1. The van der Waals surface area contributed by atoms with E-state index in [1.54, 1.807) is 24.9 Å². The Kier molecular flexibility index (Phi) is 10.1. The molecule has 14 heteroatoms. The Hall–Kier alpha value is -5.37. The van der Waals surface area contributed by atoms with E-state index >= 15 is 0 Å².